The van der Waals surface area contributed by atoms with Crippen LogP contribution < -0.4 is 20.7 Å². The van der Waals surface area contributed by atoms with Gasteiger partial charge >= 0.3 is 6.03 Å². The minimum absolute atomic E-state index is 0.0221. The Bertz CT molecular complexity index is 901. The zero-order valence-electron chi connectivity index (χ0n) is 16.1. The number of carbonyl (C=O) groups excluding carboxylic acids is 2. The van der Waals surface area contributed by atoms with E-state index in [9.17, 15) is 9.59 Å². The van der Waals surface area contributed by atoms with Crippen LogP contribution in [-0.2, 0) is 11.4 Å². The van der Waals surface area contributed by atoms with Crippen molar-refractivity contribution in [1.29, 1.82) is 5.26 Å². The number of nitrogens with one attached hydrogen (secondary N) is 3. The molecule has 0 atom stereocenters. The Morgan fingerprint density at radius 3 is 2.69 bits per heavy atom. The zero-order chi connectivity index (χ0) is 20.5. The smallest absolute Gasteiger partial charge is 0.321 e. The monoisotopic (exact) mass is 392 g/mol. The summed E-state index contributed by atoms with van der Waals surface area (Å²) in [4.78, 5) is 23.8. The minimum Gasteiger partial charge on any atom is -0.489 e. The van der Waals surface area contributed by atoms with Crippen molar-refractivity contribution in [2.75, 3.05) is 11.9 Å². The Labute approximate surface area is 170 Å². The summed E-state index contributed by atoms with van der Waals surface area (Å²) < 4.78 is 5.76. The first-order chi connectivity index (χ1) is 14.1. The van der Waals surface area contributed by atoms with Gasteiger partial charge < -0.3 is 15.4 Å². The van der Waals surface area contributed by atoms with Crippen LogP contribution in [0.4, 0.5) is 10.5 Å². The number of ether oxygens (including phenoxy) is 1. The molecule has 0 saturated heterocycles. The van der Waals surface area contributed by atoms with Crippen molar-refractivity contribution >= 4 is 17.6 Å². The molecule has 1 aliphatic carbocycles. The Morgan fingerprint density at radius 2 is 1.90 bits per heavy atom. The van der Waals surface area contributed by atoms with Gasteiger partial charge in [-0.3, -0.25) is 10.1 Å². The molecular weight excluding hydrogens is 368 g/mol. The quantitative estimate of drug-likeness (QED) is 0.671. The van der Waals surface area contributed by atoms with Crippen molar-refractivity contribution < 1.29 is 14.3 Å². The Kier molecular flexibility index (Phi) is 7.06. The number of rotatable bonds is 7. The molecule has 2 aromatic rings. The largest absolute Gasteiger partial charge is 0.489 e. The molecule has 7 heteroatoms. The highest BCUT2D eigenvalue weighted by molar-refractivity contribution is 5.96. The fourth-order valence-electron chi connectivity index (χ4n) is 3.24. The van der Waals surface area contributed by atoms with Gasteiger partial charge in [0.25, 0.3) is 0 Å². The SMILES string of the molecule is N#Cc1cccc(COc2cccc(NCC(=O)NC(=O)NC3CCCC3)c2)c1. The summed E-state index contributed by atoms with van der Waals surface area (Å²) in [6.45, 7) is 0.312. The van der Waals surface area contributed by atoms with E-state index in [1.54, 1.807) is 18.2 Å². The number of urea groups is 1. The van der Waals surface area contributed by atoms with Crippen LogP contribution in [0.5, 0.6) is 5.75 Å². The van der Waals surface area contributed by atoms with E-state index in [4.69, 9.17) is 10.00 Å². The molecular formula is C22H24N4O3. The average molecular weight is 392 g/mol. The van der Waals surface area contributed by atoms with Crippen LogP contribution in [0.25, 0.3) is 0 Å². The third-order valence-electron chi connectivity index (χ3n) is 4.69. The number of carbonyl (C=O) groups is 2. The van der Waals surface area contributed by atoms with Crippen molar-refractivity contribution in [3.05, 3.63) is 59.7 Å². The molecule has 3 amide bonds. The summed E-state index contributed by atoms with van der Waals surface area (Å²) in [5.41, 5.74) is 2.19. The Balaban J connectivity index is 1.44. The number of benzene rings is 2. The zero-order valence-corrected chi connectivity index (χ0v) is 16.1. The maximum Gasteiger partial charge on any atom is 0.321 e. The molecule has 1 saturated carbocycles. The lowest BCUT2D eigenvalue weighted by molar-refractivity contribution is -0.118. The number of hydrogen-bond acceptors (Lipinski definition) is 5. The van der Waals surface area contributed by atoms with Gasteiger partial charge in [0.05, 0.1) is 18.2 Å². The van der Waals surface area contributed by atoms with Gasteiger partial charge in [-0.1, -0.05) is 31.0 Å². The summed E-state index contributed by atoms with van der Waals surface area (Å²) in [6.07, 6.45) is 4.16. The molecule has 0 aliphatic heterocycles. The lowest BCUT2D eigenvalue weighted by Gasteiger charge is -2.13. The van der Waals surface area contributed by atoms with Crippen LogP contribution in [-0.4, -0.2) is 24.5 Å². The fourth-order valence-corrected chi connectivity index (χ4v) is 3.24. The third-order valence-corrected chi connectivity index (χ3v) is 4.69. The summed E-state index contributed by atoms with van der Waals surface area (Å²) in [5.74, 6) is 0.233. The predicted octanol–water partition coefficient (Wildman–Crippen LogP) is 3.32. The molecule has 2 aromatic carbocycles. The molecule has 0 heterocycles. The molecule has 0 spiro atoms. The molecule has 150 valence electrons. The summed E-state index contributed by atoms with van der Waals surface area (Å²) >= 11 is 0. The van der Waals surface area contributed by atoms with Crippen LogP contribution in [0.15, 0.2) is 48.5 Å². The van der Waals surface area contributed by atoms with Crippen LogP contribution in [0.1, 0.15) is 36.8 Å². The molecule has 0 aromatic heterocycles. The molecule has 3 rings (SSSR count). The van der Waals surface area contributed by atoms with Gasteiger partial charge in [0.15, 0.2) is 0 Å². The standard InChI is InChI=1S/C22H24N4O3/c23-13-16-5-3-6-17(11-16)15-29-20-10-4-9-19(12-20)24-14-21(27)26-22(28)25-18-7-1-2-8-18/h3-6,9-12,18,24H,1-2,7-8,14-15H2,(H2,25,26,27,28). The first-order valence-corrected chi connectivity index (χ1v) is 9.68. The minimum atomic E-state index is -0.444. The van der Waals surface area contributed by atoms with E-state index in [1.165, 1.54) is 0 Å². The number of amides is 3. The number of nitrogens with zero attached hydrogens (tertiary/aromatic N) is 1. The van der Waals surface area contributed by atoms with E-state index >= 15 is 0 Å². The normalized spacial score (nSPS) is 13.3. The second kappa shape index (κ2) is 10.1. The molecule has 1 fully saturated rings. The molecule has 1 aliphatic rings. The molecule has 3 N–H and O–H groups in total. The summed E-state index contributed by atoms with van der Waals surface area (Å²) in [6, 6.07) is 16.3. The lowest BCUT2D eigenvalue weighted by Crippen LogP contribution is -2.45. The maximum absolute atomic E-state index is 12.0. The van der Waals surface area contributed by atoms with Crippen molar-refractivity contribution in [2.45, 2.75) is 38.3 Å². The maximum atomic E-state index is 12.0. The van der Waals surface area contributed by atoms with Gasteiger partial charge in [0.1, 0.15) is 12.4 Å². The third kappa shape index (κ3) is 6.54. The van der Waals surface area contributed by atoms with E-state index in [0.717, 1.165) is 31.2 Å². The number of nitriles is 1. The Morgan fingerprint density at radius 1 is 1.10 bits per heavy atom. The van der Waals surface area contributed by atoms with E-state index in [0.29, 0.717) is 23.6 Å². The van der Waals surface area contributed by atoms with Gasteiger partial charge in [-0.25, -0.2) is 4.79 Å². The highest BCUT2D eigenvalue weighted by Gasteiger charge is 2.18. The number of imide groups is 1. The number of anilines is 1. The molecule has 7 nitrogen and oxygen atoms in total. The molecule has 29 heavy (non-hydrogen) atoms. The molecule has 0 unspecified atom stereocenters. The second-order valence-corrected chi connectivity index (χ2v) is 6.99. The summed E-state index contributed by atoms with van der Waals surface area (Å²) in [7, 11) is 0. The van der Waals surface area contributed by atoms with Crippen molar-refractivity contribution in [3.63, 3.8) is 0 Å². The fraction of sp³-hybridized carbons (Fsp3) is 0.318. The van der Waals surface area contributed by atoms with Crippen molar-refractivity contribution in [2.24, 2.45) is 0 Å². The highest BCUT2D eigenvalue weighted by atomic mass is 16.5. The van der Waals surface area contributed by atoms with E-state index in [-0.39, 0.29) is 12.6 Å². The first-order valence-electron chi connectivity index (χ1n) is 9.68. The molecule has 0 bridgehead atoms. The molecule has 0 radical (unpaired) electrons. The predicted molar refractivity (Wildman–Crippen MR) is 109 cm³/mol. The van der Waals surface area contributed by atoms with Gasteiger partial charge in [0, 0.05) is 17.8 Å². The average Bonchev–Trinajstić information content (AvgIpc) is 3.24. The van der Waals surface area contributed by atoms with E-state index < -0.39 is 11.9 Å². The summed E-state index contributed by atoms with van der Waals surface area (Å²) in [5, 5.41) is 17.1. The second-order valence-electron chi connectivity index (χ2n) is 6.99. The van der Waals surface area contributed by atoms with E-state index in [1.807, 2.05) is 30.3 Å². The van der Waals surface area contributed by atoms with Crippen molar-refractivity contribution in [3.8, 4) is 11.8 Å². The first kappa shape index (κ1) is 20.2. The van der Waals surface area contributed by atoms with Gasteiger partial charge in [0.2, 0.25) is 5.91 Å². The topological polar surface area (TPSA) is 103 Å². The number of hydrogen-bond donors (Lipinski definition) is 3. The Hall–Kier alpha value is -3.53. The van der Waals surface area contributed by atoms with Crippen LogP contribution >= 0.6 is 0 Å². The van der Waals surface area contributed by atoms with Gasteiger partial charge in [-0.2, -0.15) is 5.26 Å². The highest BCUT2D eigenvalue weighted by Crippen LogP contribution is 2.19. The lowest BCUT2D eigenvalue weighted by atomic mass is 10.1. The van der Waals surface area contributed by atoms with Gasteiger partial charge in [-0.05, 0) is 42.7 Å². The van der Waals surface area contributed by atoms with Crippen LogP contribution in [0.3, 0.4) is 0 Å². The van der Waals surface area contributed by atoms with Gasteiger partial charge in [-0.15, -0.1) is 0 Å². The van der Waals surface area contributed by atoms with Crippen LogP contribution in [0, 0.1) is 11.3 Å². The van der Waals surface area contributed by atoms with Crippen molar-refractivity contribution in [1.82, 2.24) is 10.6 Å². The van der Waals surface area contributed by atoms with E-state index in [2.05, 4.69) is 22.0 Å². The van der Waals surface area contributed by atoms with Crippen LogP contribution in [0.2, 0.25) is 0 Å².